The van der Waals surface area contributed by atoms with Crippen LogP contribution in [0.1, 0.15) is 35.6 Å². The first-order chi connectivity index (χ1) is 10.1. The van der Waals surface area contributed by atoms with Crippen LogP contribution in [0, 0.1) is 6.92 Å². The number of imidazole rings is 1. The van der Waals surface area contributed by atoms with Crippen molar-refractivity contribution < 1.29 is 0 Å². The van der Waals surface area contributed by atoms with Gasteiger partial charge in [-0.05, 0) is 31.5 Å². The van der Waals surface area contributed by atoms with E-state index in [1.165, 1.54) is 5.52 Å². The molecule has 2 atom stereocenters. The Kier molecular flexibility index (Phi) is 2.76. The van der Waals surface area contributed by atoms with Gasteiger partial charge < -0.3 is 4.57 Å². The zero-order chi connectivity index (χ0) is 14.6. The van der Waals surface area contributed by atoms with Crippen LogP contribution in [0.2, 0.25) is 5.15 Å². The van der Waals surface area contributed by atoms with Crippen molar-refractivity contribution in [3.8, 4) is 0 Å². The smallest absolute Gasteiger partial charge is 0.133 e. The third-order valence-corrected chi connectivity index (χ3v) is 4.34. The topological polar surface area (TPSA) is 43.6 Å². The van der Waals surface area contributed by atoms with Crippen LogP contribution in [0.5, 0.6) is 0 Å². The molecular weight excluding hydrogens is 284 g/mol. The molecule has 1 fully saturated rings. The van der Waals surface area contributed by atoms with E-state index < -0.39 is 0 Å². The molecule has 1 aliphatic rings. The van der Waals surface area contributed by atoms with Crippen LogP contribution in [-0.2, 0) is 7.05 Å². The Morgan fingerprint density at radius 3 is 2.71 bits per heavy atom. The molecule has 0 N–H and O–H groups in total. The first kappa shape index (κ1) is 12.8. The van der Waals surface area contributed by atoms with Crippen LogP contribution in [0.15, 0.2) is 30.3 Å². The summed E-state index contributed by atoms with van der Waals surface area (Å²) in [5.74, 6) is 2.69. The van der Waals surface area contributed by atoms with Gasteiger partial charge in [-0.15, -0.1) is 0 Å². The quantitative estimate of drug-likeness (QED) is 0.679. The second-order valence-corrected chi connectivity index (χ2v) is 6.02. The van der Waals surface area contributed by atoms with E-state index in [2.05, 4.69) is 33.7 Å². The van der Waals surface area contributed by atoms with E-state index in [0.717, 1.165) is 29.3 Å². The Hall–Kier alpha value is -1.94. The highest BCUT2D eigenvalue weighted by atomic mass is 35.5. The predicted octanol–water partition coefficient (Wildman–Crippen LogP) is 3.60. The van der Waals surface area contributed by atoms with Gasteiger partial charge in [-0.3, -0.25) is 0 Å². The molecule has 1 aliphatic carbocycles. The van der Waals surface area contributed by atoms with Crippen molar-refractivity contribution >= 4 is 22.6 Å². The molecule has 3 aromatic rings. The summed E-state index contributed by atoms with van der Waals surface area (Å²) in [6.07, 6.45) is 1.07. The molecule has 0 bridgehead atoms. The normalized spacial score (nSPS) is 20.9. The summed E-state index contributed by atoms with van der Waals surface area (Å²) in [6, 6.07) is 10.1. The highest BCUT2D eigenvalue weighted by Crippen LogP contribution is 2.54. The van der Waals surface area contributed by atoms with E-state index in [-0.39, 0.29) is 0 Å². The number of nitrogens with zero attached hydrogens (tertiary/aromatic N) is 4. The molecule has 0 radical (unpaired) electrons. The minimum Gasteiger partial charge on any atom is -0.331 e. The molecular formula is C16H15ClN4. The lowest BCUT2D eigenvalue weighted by molar-refractivity contribution is 0.795. The summed E-state index contributed by atoms with van der Waals surface area (Å²) in [4.78, 5) is 13.4. The minimum atomic E-state index is 0.403. The number of halogens is 1. The first-order valence-electron chi connectivity index (χ1n) is 7.06. The summed E-state index contributed by atoms with van der Waals surface area (Å²) in [5.41, 5.74) is 3.26. The van der Waals surface area contributed by atoms with E-state index in [0.29, 0.717) is 17.0 Å². The molecule has 0 aliphatic heterocycles. The van der Waals surface area contributed by atoms with Crippen LogP contribution in [-0.4, -0.2) is 19.5 Å². The Morgan fingerprint density at radius 1 is 1.14 bits per heavy atom. The zero-order valence-electron chi connectivity index (χ0n) is 11.9. The van der Waals surface area contributed by atoms with E-state index in [1.807, 2.05) is 25.1 Å². The summed E-state index contributed by atoms with van der Waals surface area (Å²) >= 11 is 6.04. The van der Waals surface area contributed by atoms with Gasteiger partial charge in [-0.25, -0.2) is 15.0 Å². The van der Waals surface area contributed by atoms with Crippen LogP contribution in [0.25, 0.3) is 11.0 Å². The monoisotopic (exact) mass is 298 g/mol. The number of aryl methyl sites for hydroxylation is 2. The standard InChI is InChI=1S/C16H15ClN4/c1-9-18-13(8-15(17)19-9)10-7-11(10)16-20-12-5-3-4-6-14(12)21(16)2/h3-6,8,10-11H,7H2,1-2H3/t10?,11-/m1/s1. The molecule has 1 unspecified atom stereocenters. The highest BCUT2D eigenvalue weighted by molar-refractivity contribution is 6.29. The number of fused-ring (bicyclic) bond motifs is 1. The van der Waals surface area contributed by atoms with Crippen LogP contribution in [0.3, 0.4) is 0 Å². The Bertz CT molecular complexity index is 819. The van der Waals surface area contributed by atoms with Gasteiger partial charge in [-0.1, -0.05) is 23.7 Å². The van der Waals surface area contributed by atoms with Gasteiger partial charge in [0.15, 0.2) is 0 Å². The second-order valence-electron chi connectivity index (χ2n) is 5.63. The van der Waals surface area contributed by atoms with Gasteiger partial charge in [0.2, 0.25) is 0 Å². The summed E-state index contributed by atoms with van der Waals surface area (Å²) in [7, 11) is 2.08. The van der Waals surface area contributed by atoms with Crippen molar-refractivity contribution in [3.63, 3.8) is 0 Å². The van der Waals surface area contributed by atoms with Gasteiger partial charge in [0.25, 0.3) is 0 Å². The van der Waals surface area contributed by atoms with Gasteiger partial charge in [0.05, 0.1) is 11.0 Å². The highest BCUT2D eigenvalue weighted by Gasteiger charge is 2.43. The number of benzene rings is 1. The Labute approximate surface area is 127 Å². The molecule has 5 heteroatoms. The van der Waals surface area contributed by atoms with Gasteiger partial charge in [0.1, 0.15) is 16.8 Å². The van der Waals surface area contributed by atoms with Crippen LogP contribution >= 0.6 is 11.6 Å². The molecule has 21 heavy (non-hydrogen) atoms. The summed E-state index contributed by atoms with van der Waals surface area (Å²) in [5, 5.41) is 0.521. The first-order valence-corrected chi connectivity index (χ1v) is 7.43. The molecule has 4 rings (SSSR count). The van der Waals surface area contributed by atoms with Crippen molar-refractivity contribution in [1.29, 1.82) is 0 Å². The SMILES string of the molecule is Cc1nc(Cl)cc(C2C[C@H]2c2nc3ccccc3n2C)n1. The van der Waals surface area contributed by atoms with Crippen molar-refractivity contribution in [2.24, 2.45) is 7.05 Å². The molecule has 0 spiro atoms. The molecule has 106 valence electrons. The Balaban J connectivity index is 1.71. The molecule has 1 saturated carbocycles. The van der Waals surface area contributed by atoms with E-state index in [4.69, 9.17) is 16.6 Å². The molecule has 2 heterocycles. The van der Waals surface area contributed by atoms with Crippen molar-refractivity contribution in [2.75, 3.05) is 0 Å². The molecule has 4 nitrogen and oxygen atoms in total. The van der Waals surface area contributed by atoms with E-state index in [9.17, 15) is 0 Å². The fourth-order valence-electron chi connectivity index (χ4n) is 3.05. The van der Waals surface area contributed by atoms with Crippen LogP contribution in [0.4, 0.5) is 0 Å². The third kappa shape index (κ3) is 2.10. The number of aromatic nitrogens is 4. The number of hydrogen-bond donors (Lipinski definition) is 0. The van der Waals surface area contributed by atoms with Crippen molar-refractivity contribution in [2.45, 2.75) is 25.2 Å². The fourth-order valence-corrected chi connectivity index (χ4v) is 3.28. The molecule has 0 saturated heterocycles. The number of para-hydroxylation sites is 2. The van der Waals surface area contributed by atoms with Gasteiger partial charge in [0, 0.05) is 24.6 Å². The van der Waals surface area contributed by atoms with E-state index in [1.54, 1.807) is 0 Å². The molecule has 2 aromatic heterocycles. The maximum atomic E-state index is 6.04. The zero-order valence-corrected chi connectivity index (χ0v) is 12.7. The summed E-state index contributed by atoms with van der Waals surface area (Å²) in [6.45, 7) is 1.88. The van der Waals surface area contributed by atoms with Crippen molar-refractivity contribution in [1.82, 2.24) is 19.5 Å². The average molecular weight is 299 g/mol. The molecule has 1 aromatic carbocycles. The van der Waals surface area contributed by atoms with Crippen molar-refractivity contribution in [3.05, 3.63) is 52.8 Å². The fraction of sp³-hybridized carbons (Fsp3) is 0.312. The average Bonchev–Trinajstić information content (AvgIpc) is 3.17. The number of rotatable bonds is 2. The second kappa shape index (κ2) is 4.53. The lowest BCUT2D eigenvalue weighted by atomic mass is 10.2. The minimum absolute atomic E-state index is 0.403. The van der Waals surface area contributed by atoms with Crippen LogP contribution < -0.4 is 0 Å². The van der Waals surface area contributed by atoms with Gasteiger partial charge in [-0.2, -0.15) is 0 Å². The lowest BCUT2D eigenvalue weighted by Gasteiger charge is -2.03. The maximum Gasteiger partial charge on any atom is 0.133 e. The van der Waals surface area contributed by atoms with Gasteiger partial charge >= 0.3 is 0 Å². The third-order valence-electron chi connectivity index (χ3n) is 4.15. The maximum absolute atomic E-state index is 6.04. The molecule has 0 amide bonds. The number of hydrogen-bond acceptors (Lipinski definition) is 3. The Morgan fingerprint density at radius 2 is 1.95 bits per heavy atom. The lowest BCUT2D eigenvalue weighted by Crippen LogP contribution is -1.99. The van der Waals surface area contributed by atoms with E-state index >= 15 is 0 Å². The predicted molar refractivity (Wildman–Crippen MR) is 82.6 cm³/mol. The largest absolute Gasteiger partial charge is 0.331 e. The summed E-state index contributed by atoms with van der Waals surface area (Å²) < 4.78 is 2.19.